The molecule has 0 spiro atoms. The van der Waals surface area contributed by atoms with Crippen LogP contribution < -0.4 is 11.0 Å². The van der Waals surface area contributed by atoms with Crippen molar-refractivity contribution in [2.24, 2.45) is 0 Å². The van der Waals surface area contributed by atoms with Gasteiger partial charge in [-0.3, -0.25) is 14.6 Å². The van der Waals surface area contributed by atoms with Crippen LogP contribution in [0.15, 0.2) is 29.2 Å². The van der Waals surface area contributed by atoms with Crippen molar-refractivity contribution in [2.45, 2.75) is 32.4 Å². The van der Waals surface area contributed by atoms with Gasteiger partial charge in [0.2, 0.25) is 0 Å². The molecule has 3 aromatic rings. The third kappa shape index (κ3) is 2.51. The monoisotopic (exact) mass is 335 g/mol. The highest BCUT2D eigenvalue weighted by Crippen LogP contribution is 2.16. The molecule has 1 atom stereocenters. The minimum Gasteiger partial charge on any atom is -0.376 e. The van der Waals surface area contributed by atoms with Crippen molar-refractivity contribution in [2.75, 3.05) is 6.61 Å². The molecule has 0 unspecified atom stereocenters. The fourth-order valence-corrected chi connectivity index (χ4v) is 3.30. The van der Waals surface area contributed by atoms with E-state index < -0.39 is 0 Å². The van der Waals surface area contributed by atoms with Crippen molar-refractivity contribution >= 4 is 16.7 Å². The first-order valence-electron chi connectivity index (χ1n) is 8.21. The Bertz CT molecular complexity index is 1150. The molecule has 1 saturated heterocycles. The lowest BCUT2D eigenvalue weighted by molar-refractivity contribution is 0.0967. The number of rotatable bonds is 2. The van der Waals surface area contributed by atoms with Crippen LogP contribution in [0.3, 0.4) is 0 Å². The van der Waals surface area contributed by atoms with Crippen LogP contribution >= 0.6 is 0 Å². The van der Waals surface area contributed by atoms with Crippen LogP contribution in [0.1, 0.15) is 24.0 Å². The second kappa shape index (κ2) is 5.83. The van der Waals surface area contributed by atoms with Gasteiger partial charge in [-0.15, -0.1) is 0 Å². The van der Waals surface area contributed by atoms with Crippen molar-refractivity contribution in [1.29, 1.82) is 10.7 Å². The second-order valence-electron chi connectivity index (χ2n) is 6.35. The van der Waals surface area contributed by atoms with E-state index in [9.17, 15) is 10.1 Å². The van der Waals surface area contributed by atoms with Crippen LogP contribution in [0.4, 0.5) is 0 Å². The molecule has 4 rings (SSSR count). The molecular formula is C18H17N5O2. The van der Waals surface area contributed by atoms with E-state index in [0.29, 0.717) is 29.8 Å². The first-order chi connectivity index (χ1) is 12.1. The van der Waals surface area contributed by atoms with E-state index >= 15 is 0 Å². The van der Waals surface area contributed by atoms with E-state index in [1.165, 1.54) is 10.5 Å². The van der Waals surface area contributed by atoms with Gasteiger partial charge in [0.15, 0.2) is 0 Å². The maximum atomic E-state index is 12.9. The molecule has 0 bridgehead atoms. The molecule has 7 heteroatoms. The summed E-state index contributed by atoms with van der Waals surface area (Å²) in [7, 11) is 0. The lowest BCUT2D eigenvalue weighted by atomic mass is 10.2. The van der Waals surface area contributed by atoms with Gasteiger partial charge in [-0.05, 0) is 37.5 Å². The van der Waals surface area contributed by atoms with Crippen LogP contribution in [0.5, 0.6) is 0 Å². The van der Waals surface area contributed by atoms with Crippen LogP contribution in [-0.4, -0.2) is 26.7 Å². The molecule has 126 valence electrons. The summed E-state index contributed by atoms with van der Waals surface area (Å²) >= 11 is 0. The highest BCUT2D eigenvalue weighted by molar-refractivity contribution is 5.77. The van der Waals surface area contributed by atoms with E-state index in [4.69, 9.17) is 10.1 Å². The number of nitriles is 1. The molecule has 0 saturated carbocycles. The van der Waals surface area contributed by atoms with Gasteiger partial charge in [0.25, 0.3) is 5.56 Å². The van der Waals surface area contributed by atoms with Crippen LogP contribution in [0.25, 0.3) is 16.7 Å². The molecule has 25 heavy (non-hydrogen) atoms. The Hall–Kier alpha value is -2.98. The number of hydrogen-bond donors (Lipinski definition) is 1. The lowest BCUT2D eigenvalue weighted by Gasteiger charge is -2.16. The summed E-state index contributed by atoms with van der Waals surface area (Å²) in [6.07, 6.45) is 3.59. The molecule has 0 aromatic carbocycles. The van der Waals surface area contributed by atoms with E-state index in [1.807, 2.05) is 19.1 Å². The molecule has 4 heterocycles. The first kappa shape index (κ1) is 15.5. The number of ether oxygens (including phenoxy) is 1. The number of pyridine rings is 2. The number of fused-ring (bicyclic) bond motifs is 2. The molecule has 1 fully saturated rings. The van der Waals surface area contributed by atoms with Crippen LogP contribution in [0.2, 0.25) is 0 Å². The first-order valence-corrected chi connectivity index (χ1v) is 8.21. The smallest absolute Gasteiger partial charge is 0.267 e. The number of nitrogens with one attached hydrogen (secondary N) is 1. The Morgan fingerprint density at radius 2 is 2.32 bits per heavy atom. The third-order valence-electron chi connectivity index (χ3n) is 4.59. The molecule has 0 radical (unpaired) electrons. The number of hydrogen-bond acceptors (Lipinski definition) is 5. The van der Waals surface area contributed by atoms with Gasteiger partial charge >= 0.3 is 0 Å². The average molecular weight is 335 g/mol. The Balaban J connectivity index is 2.07. The highest BCUT2D eigenvalue weighted by atomic mass is 16.5. The zero-order chi connectivity index (χ0) is 17.6. The fourth-order valence-electron chi connectivity index (χ4n) is 3.30. The molecule has 0 aliphatic carbocycles. The molecule has 7 nitrogen and oxygen atoms in total. The summed E-state index contributed by atoms with van der Waals surface area (Å²) in [5.74, 6) is 0. The van der Waals surface area contributed by atoms with Gasteiger partial charge in [0.1, 0.15) is 22.9 Å². The lowest BCUT2D eigenvalue weighted by Crippen LogP contribution is -2.31. The normalized spacial score (nSPS) is 17.2. The summed E-state index contributed by atoms with van der Waals surface area (Å²) in [5, 5.41) is 18.1. The molecule has 3 aromatic heterocycles. The van der Waals surface area contributed by atoms with E-state index in [2.05, 4.69) is 4.98 Å². The van der Waals surface area contributed by atoms with Crippen molar-refractivity contribution in [3.63, 3.8) is 0 Å². The topological polar surface area (TPSA) is 96.2 Å². The highest BCUT2D eigenvalue weighted by Gasteiger charge is 2.20. The van der Waals surface area contributed by atoms with Crippen LogP contribution in [0, 0.1) is 23.7 Å². The van der Waals surface area contributed by atoms with E-state index in [-0.39, 0.29) is 22.7 Å². The number of aryl methyl sites for hydroxylation is 1. The van der Waals surface area contributed by atoms with Crippen molar-refractivity contribution in [3.05, 3.63) is 51.4 Å². The van der Waals surface area contributed by atoms with Crippen molar-refractivity contribution in [3.8, 4) is 6.07 Å². The molecular weight excluding hydrogens is 318 g/mol. The number of aromatic nitrogens is 3. The van der Waals surface area contributed by atoms with Crippen molar-refractivity contribution < 1.29 is 4.74 Å². The quantitative estimate of drug-likeness (QED) is 0.718. The zero-order valence-electron chi connectivity index (χ0n) is 13.8. The summed E-state index contributed by atoms with van der Waals surface area (Å²) in [5.41, 5.74) is 1.88. The molecule has 0 amide bonds. The average Bonchev–Trinajstić information content (AvgIpc) is 3.11. The van der Waals surface area contributed by atoms with E-state index in [0.717, 1.165) is 18.4 Å². The Kier molecular flexibility index (Phi) is 3.62. The predicted molar refractivity (Wildman–Crippen MR) is 91.2 cm³/mol. The Morgan fingerprint density at radius 1 is 1.48 bits per heavy atom. The van der Waals surface area contributed by atoms with Crippen LogP contribution in [-0.2, 0) is 11.3 Å². The van der Waals surface area contributed by atoms with Gasteiger partial charge in [-0.1, -0.05) is 6.07 Å². The molecule has 1 aliphatic heterocycles. The van der Waals surface area contributed by atoms with Crippen molar-refractivity contribution in [1.82, 2.24) is 14.0 Å². The standard InChI is InChI=1S/C18H17N5O2/c1-11-4-5-15-21-17-14(18(24)22(15)9-11)7-12(8-19)16(20)23(17)10-13-3-2-6-25-13/h4-5,7,9,13,20H,2-3,6,10H2,1H3/t13-/m0/s1. The summed E-state index contributed by atoms with van der Waals surface area (Å²) < 4.78 is 8.78. The van der Waals surface area contributed by atoms with E-state index in [1.54, 1.807) is 16.8 Å². The minimum absolute atomic E-state index is 0.0236. The van der Waals surface area contributed by atoms with Gasteiger partial charge in [0.05, 0.1) is 23.6 Å². The SMILES string of the molecule is Cc1ccc2nc3c(cc(C#N)c(=N)n3C[C@@H]3CCCO3)c(=O)n2c1. The summed E-state index contributed by atoms with van der Waals surface area (Å²) in [6.45, 7) is 3.02. The van der Waals surface area contributed by atoms with Gasteiger partial charge in [-0.25, -0.2) is 4.98 Å². The summed E-state index contributed by atoms with van der Waals surface area (Å²) in [6, 6.07) is 7.16. The third-order valence-corrected chi connectivity index (χ3v) is 4.59. The second-order valence-corrected chi connectivity index (χ2v) is 6.35. The Morgan fingerprint density at radius 3 is 3.04 bits per heavy atom. The fraction of sp³-hybridized carbons (Fsp3) is 0.333. The Labute approximate surface area is 143 Å². The zero-order valence-corrected chi connectivity index (χ0v) is 13.8. The summed E-state index contributed by atoms with van der Waals surface area (Å²) in [4.78, 5) is 17.5. The van der Waals surface area contributed by atoms with Gasteiger partial charge < -0.3 is 9.30 Å². The molecule has 1 aliphatic rings. The number of nitrogens with zero attached hydrogens (tertiary/aromatic N) is 4. The largest absolute Gasteiger partial charge is 0.376 e. The molecule has 1 N–H and O–H groups in total. The minimum atomic E-state index is -0.235. The maximum Gasteiger partial charge on any atom is 0.267 e. The van der Waals surface area contributed by atoms with Gasteiger partial charge in [-0.2, -0.15) is 5.26 Å². The predicted octanol–water partition coefficient (Wildman–Crippen LogP) is 1.49. The van der Waals surface area contributed by atoms with Gasteiger partial charge in [0, 0.05) is 12.8 Å². The maximum absolute atomic E-state index is 12.9.